The van der Waals surface area contributed by atoms with E-state index in [1.165, 1.54) is 0 Å². The van der Waals surface area contributed by atoms with E-state index in [-0.39, 0.29) is 11.8 Å². The molecule has 0 bridgehead atoms. The number of benzene rings is 1. The van der Waals surface area contributed by atoms with Crippen molar-refractivity contribution in [1.82, 2.24) is 10.2 Å². The number of hydrogen-bond acceptors (Lipinski definition) is 6. The summed E-state index contributed by atoms with van der Waals surface area (Å²) in [4.78, 5) is 1.01. The van der Waals surface area contributed by atoms with Crippen molar-refractivity contribution in [2.75, 3.05) is 7.11 Å². The Balaban J connectivity index is 1.94. The molecule has 1 aromatic carbocycles. The molecule has 0 saturated carbocycles. The van der Waals surface area contributed by atoms with Crippen LogP contribution < -0.4 is 15.2 Å². The Kier molecular flexibility index (Phi) is 4.18. The lowest BCUT2D eigenvalue weighted by molar-refractivity contribution is 0.379. The van der Waals surface area contributed by atoms with Crippen LogP contribution in [0.3, 0.4) is 0 Å². The van der Waals surface area contributed by atoms with E-state index < -0.39 is 0 Å². The number of nitriles is 1. The normalized spacial score (nSPS) is 16.0. The van der Waals surface area contributed by atoms with Crippen LogP contribution in [-0.4, -0.2) is 17.3 Å². The minimum Gasteiger partial charge on any atom is -0.496 e. The van der Waals surface area contributed by atoms with E-state index in [9.17, 15) is 5.26 Å². The van der Waals surface area contributed by atoms with Gasteiger partial charge >= 0.3 is 0 Å². The molecule has 0 radical (unpaired) electrons. The fourth-order valence-corrected chi connectivity index (χ4v) is 4.34. The molecular formula is C18H13BrN4O2S. The maximum atomic E-state index is 9.72. The molecule has 4 rings (SSSR count). The molecule has 0 fully saturated rings. The summed E-state index contributed by atoms with van der Waals surface area (Å²) in [5.74, 6) is 0.784. The lowest BCUT2D eigenvalue weighted by atomic mass is 9.84. The van der Waals surface area contributed by atoms with Gasteiger partial charge in [-0.25, -0.2) is 0 Å². The molecule has 130 valence electrons. The summed E-state index contributed by atoms with van der Waals surface area (Å²) in [6.07, 6.45) is 0. The largest absolute Gasteiger partial charge is 0.496 e. The van der Waals surface area contributed by atoms with Gasteiger partial charge in [0.15, 0.2) is 0 Å². The van der Waals surface area contributed by atoms with Crippen LogP contribution in [0, 0.1) is 11.3 Å². The third-order valence-electron chi connectivity index (χ3n) is 4.22. The van der Waals surface area contributed by atoms with E-state index >= 15 is 0 Å². The van der Waals surface area contributed by atoms with Gasteiger partial charge in [0.25, 0.3) is 0 Å². The van der Waals surface area contributed by atoms with Crippen molar-refractivity contribution in [1.29, 1.82) is 5.26 Å². The number of nitrogens with zero attached hydrogens (tertiary/aromatic N) is 2. The number of fused-ring (bicyclic) bond motifs is 1. The summed E-state index contributed by atoms with van der Waals surface area (Å²) in [6.45, 7) is 0. The molecule has 3 heterocycles. The maximum absolute atomic E-state index is 9.72. The van der Waals surface area contributed by atoms with Gasteiger partial charge in [-0.1, -0.05) is 12.1 Å². The Morgan fingerprint density at radius 2 is 2.27 bits per heavy atom. The topological polar surface area (TPSA) is 96.9 Å². The number of nitrogens with two attached hydrogens (primary N) is 1. The van der Waals surface area contributed by atoms with Crippen molar-refractivity contribution in [2.45, 2.75) is 5.92 Å². The predicted molar refractivity (Wildman–Crippen MR) is 102 cm³/mol. The fourth-order valence-electron chi connectivity index (χ4n) is 3.05. The molecule has 1 aliphatic heterocycles. The van der Waals surface area contributed by atoms with Gasteiger partial charge in [0.1, 0.15) is 17.4 Å². The van der Waals surface area contributed by atoms with E-state index in [0.717, 1.165) is 26.2 Å². The summed E-state index contributed by atoms with van der Waals surface area (Å²) in [6, 6.07) is 11.8. The number of aromatic amines is 1. The number of halogens is 1. The van der Waals surface area contributed by atoms with Crippen LogP contribution in [-0.2, 0) is 0 Å². The number of nitrogens with one attached hydrogen (secondary N) is 1. The summed E-state index contributed by atoms with van der Waals surface area (Å²) in [7, 11) is 1.61. The highest BCUT2D eigenvalue weighted by molar-refractivity contribution is 9.10. The van der Waals surface area contributed by atoms with Gasteiger partial charge in [0.05, 0.1) is 33.6 Å². The van der Waals surface area contributed by atoms with Crippen LogP contribution in [0.4, 0.5) is 0 Å². The zero-order valence-electron chi connectivity index (χ0n) is 13.6. The molecule has 0 spiro atoms. The highest BCUT2D eigenvalue weighted by Gasteiger charge is 2.36. The molecule has 0 unspecified atom stereocenters. The Morgan fingerprint density at radius 3 is 2.92 bits per heavy atom. The predicted octanol–water partition coefficient (Wildman–Crippen LogP) is 4.13. The van der Waals surface area contributed by atoms with Gasteiger partial charge < -0.3 is 15.2 Å². The molecular weight excluding hydrogens is 416 g/mol. The Labute approximate surface area is 162 Å². The highest BCUT2D eigenvalue weighted by Crippen LogP contribution is 2.47. The van der Waals surface area contributed by atoms with Gasteiger partial charge in [0, 0.05) is 0 Å². The first-order valence-electron chi connectivity index (χ1n) is 7.67. The quantitative estimate of drug-likeness (QED) is 0.653. The Bertz CT molecular complexity index is 1050. The van der Waals surface area contributed by atoms with Crippen LogP contribution >= 0.6 is 27.3 Å². The average Bonchev–Trinajstić information content (AvgIpc) is 3.29. The molecule has 6 nitrogen and oxygen atoms in total. The molecule has 0 aliphatic carbocycles. The minimum absolute atomic E-state index is 0.0705. The number of hydrogen-bond donors (Lipinski definition) is 2. The molecule has 26 heavy (non-hydrogen) atoms. The van der Waals surface area contributed by atoms with E-state index in [1.54, 1.807) is 18.4 Å². The third kappa shape index (κ3) is 2.57. The van der Waals surface area contributed by atoms with Crippen molar-refractivity contribution in [3.8, 4) is 28.3 Å². The first kappa shape index (κ1) is 16.7. The second kappa shape index (κ2) is 6.52. The van der Waals surface area contributed by atoms with Crippen molar-refractivity contribution >= 4 is 27.3 Å². The summed E-state index contributed by atoms with van der Waals surface area (Å²) < 4.78 is 11.7. The zero-order valence-corrected chi connectivity index (χ0v) is 16.0. The Hall–Kier alpha value is -2.76. The number of aromatic nitrogens is 2. The molecule has 0 saturated heterocycles. The molecule has 3 N–H and O–H groups in total. The van der Waals surface area contributed by atoms with E-state index in [4.69, 9.17) is 15.2 Å². The summed E-state index contributed by atoms with van der Waals surface area (Å²) in [5, 5.41) is 19.0. The number of allylic oxidation sites excluding steroid dienone is 1. The number of rotatable bonds is 3. The molecule has 2 aromatic heterocycles. The van der Waals surface area contributed by atoms with Crippen LogP contribution in [0.25, 0.3) is 10.6 Å². The van der Waals surface area contributed by atoms with Crippen LogP contribution in [0.5, 0.6) is 11.6 Å². The fraction of sp³-hybridized carbons (Fsp3) is 0.111. The van der Waals surface area contributed by atoms with E-state index in [0.29, 0.717) is 17.2 Å². The van der Waals surface area contributed by atoms with Gasteiger partial charge in [-0.05, 0) is 45.1 Å². The zero-order chi connectivity index (χ0) is 18.3. The number of H-pyrrole nitrogens is 1. The average molecular weight is 429 g/mol. The third-order valence-corrected chi connectivity index (χ3v) is 5.72. The maximum Gasteiger partial charge on any atom is 0.244 e. The first-order chi connectivity index (χ1) is 12.6. The van der Waals surface area contributed by atoms with Crippen LogP contribution in [0.15, 0.2) is 51.6 Å². The molecule has 3 aromatic rings. The summed E-state index contributed by atoms with van der Waals surface area (Å²) in [5.41, 5.74) is 8.87. The Morgan fingerprint density at radius 1 is 1.42 bits per heavy atom. The van der Waals surface area contributed by atoms with Crippen molar-refractivity contribution in [3.05, 3.63) is 62.8 Å². The molecule has 1 aliphatic rings. The summed E-state index contributed by atoms with van der Waals surface area (Å²) >= 11 is 5.09. The standard InChI is InChI=1S/C18H13BrN4O2S/c1-24-12-5-4-9(7-11(12)19)14-10(8-20)17(21)25-18-15(14)16(22-23-18)13-3-2-6-26-13/h2-7,14H,21H2,1H3,(H,22,23)/t14-/m0/s1. The van der Waals surface area contributed by atoms with Crippen LogP contribution in [0.1, 0.15) is 17.0 Å². The van der Waals surface area contributed by atoms with Crippen LogP contribution in [0.2, 0.25) is 0 Å². The number of ether oxygens (including phenoxy) is 2. The monoisotopic (exact) mass is 428 g/mol. The molecule has 1 atom stereocenters. The number of methoxy groups -OCH3 is 1. The van der Waals surface area contributed by atoms with E-state index in [2.05, 4.69) is 32.2 Å². The smallest absolute Gasteiger partial charge is 0.244 e. The van der Waals surface area contributed by atoms with E-state index in [1.807, 2.05) is 35.7 Å². The second-order valence-corrected chi connectivity index (χ2v) is 7.42. The molecule has 8 heteroatoms. The van der Waals surface area contributed by atoms with Crippen molar-refractivity contribution in [3.63, 3.8) is 0 Å². The van der Waals surface area contributed by atoms with Gasteiger partial charge in [0.2, 0.25) is 11.8 Å². The highest BCUT2D eigenvalue weighted by atomic mass is 79.9. The number of thiophene rings is 1. The first-order valence-corrected chi connectivity index (χ1v) is 9.34. The minimum atomic E-state index is -0.387. The van der Waals surface area contributed by atoms with Gasteiger partial charge in [-0.2, -0.15) is 5.26 Å². The van der Waals surface area contributed by atoms with Gasteiger partial charge in [-0.15, -0.1) is 16.4 Å². The van der Waals surface area contributed by atoms with Gasteiger partial charge in [-0.3, -0.25) is 5.10 Å². The lowest BCUT2D eigenvalue weighted by Gasteiger charge is -2.24. The second-order valence-electron chi connectivity index (χ2n) is 5.61. The van der Waals surface area contributed by atoms with Crippen molar-refractivity contribution < 1.29 is 9.47 Å². The van der Waals surface area contributed by atoms with Crippen molar-refractivity contribution in [2.24, 2.45) is 5.73 Å². The molecule has 0 amide bonds. The lowest BCUT2D eigenvalue weighted by Crippen LogP contribution is -2.21. The SMILES string of the molecule is COc1ccc([C@H]2C(C#N)=C(N)Oc3n[nH]c(-c4cccs4)c32)cc1Br.